The van der Waals surface area contributed by atoms with E-state index in [0.29, 0.717) is 16.1 Å². The van der Waals surface area contributed by atoms with Gasteiger partial charge in [0.25, 0.3) is 0 Å². The normalized spacial score (nSPS) is 14.2. The molecule has 0 radical (unpaired) electrons. The molecular formula is C16H16ClFO. The molecule has 2 aromatic rings. The van der Waals surface area contributed by atoms with Gasteiger partial charge in [0, 0.05) is 11.4 Å². The fourth-order valence-corrected chi connectivity index (χ4v) is 2.22. The van der Waals surface area contributed by atoms with Crippen molar-refractivity contribution in [1.29, 1.82) is 0 Å². The molecule has 0 fully saturated rings. The van der Waals surface area contributed by atoms with E-state index in [-0.39, 0.29) is 12.2 Å². The first-order valence-corrected chi connectivity index (χ1v) is 6.50. The van der Waals surface area contributed by atoms with Gasteiger partial charge in [0.2, 0.25) is 0 Å². The molecule has 1 nitrogen and oxygen atoms in total. The summed E-state index contributed by atoms with van der Waals surface area (Å²) in [5.41, 5.74) is 0.974. The quantitative estimate of drug-likeness (QED) is 0.890. The predicted molar refractivity (Wildman–Crippen MR) is 75.9 cm³/mol. The standard InChI is InChI=1S/C16H16ClFO/c1-11-7-8-13(9-14(11)17)16(2,19)10-12-5-3-4-6-15(12)18/h3-9,19H,10H2,1-2H3. The summed E-state index contributed by atoms with van der Waals surface area (Å²) in [5, 5.41) is 11.2. The van der Waals surface area contributed by atoms with Gasteiger partial charge >= 0.3 is 0 Å². The smallest absolute Gasteiger partial charge is 0.126 e. The minimum atomic E-state index is -1.15. The largest absolute Gasteiger partial charge is 0.385 e. The van der Waals surface area contributed by atoms with Crippen LogP contribution in [-0.2, 0) is 12.0 Å². The highest BCUT2D eigenvalue weighted by molar-refractivity contribution is 6.31. The van der Waals surface area contributed by atoms with Gasteiger partial charge in [-0.25, -0.2) is 4.39 Å². The Morgan fingerprint density at radius 2 is 1.89 bits per heavy atom. The molecule has 0 heterocycles. The summed E-state index contributed by atoms with van der Waals surface area (Å²) in [6.45, 7) is 3.57. The number of hydrogen-bond acceptors (Lipinski definition) is 1. The summed E-state index contributed by atoms with van der Waals surface area (Å²) in [7, 11) is 0. The molecule has 2 rings (SSSR count). The highest BCUT2D eigenvalue weighted by Gasteiger charge is 2.25. The Bertz CT molecular complexity index is 593. The number of halogens is 2. The van der Waals surface area contributed by atoms with Crippen LogP contribution in [0.1, 0.15) is 23.6 Å². The molecule has 0 aliphatic rings. The SMILES string of the molecule is Cc1ccc(C(C)(O)Cc2ccccc2F)cc1Cl. The molecule has 0 aliphatic heterocycles. The van der Waals surface area contributed by atoms with Crippen LogP contribution in [0.25, 0.3) is 0 Å². The van der Waals surface area contributed by atoms with Gasteiger partial charge in [-0.15, -0.1) is 0 Å². The number of aryl methyl sites for hydroxylation is 1. The molecule has 0 bridgehead atoms. The Kier molecular flexibility index (Phi) is 3.93. The van der Waals surface area contributed by atoms with Gasteiger partial charge in [-0.1, -0.05) is 41.9 Å². The van der Waals surface area contributed by atoms with Crippen LogP contribution in [0.3, 0.4) is 0 Å². The van der Waals surface area contributed by atoms with Crippen LogP contribution in [0.15, 0.2) is 42.5 Å². The molecule has 0 saturated carbocycles. The third kappa shape index (κ3) is 3.14. The maximum atomic E-state index is 13.6. The van der Waals surface area contributed by atoms with Crippen LogP contribution in [0.2, 0.25) is 5.02 Å². The number of aliphatic hydroxyl groups is 1. The lowest BCUT2D eigenvalue weighted by atomic mass is 9.88. The van der Waals surface area contributed by atoms with Gasteiger partial charge in [-0.05, 0) is 42.7 Å². The molecule has 3 heteroatoms. The predicted octanol–water partition coefficient (Wildman–Crippen LogP) is 4.24. The van der Waals surface area contributed by atoms with Crippen molar-refractivity contribution in [2.75, 3.05) is 0 Å². The van der Waals surface area contributed by atoms with Crippen molar-refractivity contribution in [2.45, 2.75) is 25.9 Å². The van der Waals surface area contributed by atoms with Crippen LogP contribution in [-0.4, -0.2) is 5.11 Å². The third-order valence-corrected chi connectivity index (χ3v) is 3.69. The van der Waals surface area contributed by atoms with Gasteiger partial charge in [0.15, 0.2) is 0 Å². The zero-order valence-corrected chi connectivity index (χ0v) is 11.7. The lowest BCUT2D eigenvalue weighted by Gasteiger charge is -2.24. The molecule has 1 unspecified atom stereocenters. The second kappa shape index (κ2) is 5.32. The zero-order valence-electron chi connectivity index (χ0n) is 11.0. The highest BCUT2D eigenvalue weighted by Crippen LogP contribution is 2.29. The van der Waals surface area contributed by atoms with Crippen molar-refractivity contribution >= 4 is 11.6 Å². The average Bonchev–Trinajstić information content (AvgIpc) is 2.35. The van der Waals surface area contributed by atoms with E-state index in [0.717, 1.165) is 5.56 Å². The van der Waals surface area contributed by atoms with Crippen molar-refractivity contribution < 1.29 is 9.50 Å². The van der Waals surface area contributed by atoms with Gasteiger partial charge in [0.05, 0.1) is 5.60 Å². The van der Waals surface area contributed by atoms with Crippen molar-refractivity contribution in [2.24, 2.45) is 0 Å². The highest BCUT2D eigenvalue weighted by atomic mass is 35.5. The average molecular weight is 279 g/mol. The molecule has 0 amide bonds. The summed E-state index contributed by atoms with van der Waals surface area (Å²) < 4.78 is 13.6. The summed E-state index contributed by atoms with van der Waals surface area (Å²) in [6.07, 6.45) is 0.207. The van der Waals surface area contributed by atoms with Crippen LogP contribution in [0, 0.1) is 12.7 Å². The molecule has 1 atom stereocenters. The molecule has 19 heavy (non-hydrogen) atoms. The van der Waals surface area contributed by atoms with Crippen LogP contribution in [0.5, 0.6) is 0 Å². The van der Waals surface area contributed by atoms with E-state index >= 15 is 0 Å². The van der Waals surface area contributed by atoms with E-state index in [1.807, 2.05) is 19.1 Å². The van der Waals surface area contributed by atoms with E-state index in [2.05, 4.69) is 0 Å². The summed E-state index contributed by atoms with van der Waals surface area (Å²) in [6, 6.07) is 11.9. The van der Waals surface area contributed by atoms with E-state index < -0.39 is 5.60 Å². The Labute approximate surface area is 117 Å². The molecule has 0 aliphatic carbocycles. The molecule has 2 aromatic carbocycles. The molecular weight excluding hydrogens is 263 g/mol. The van der Waals surface area contributed by atoms with Crippen molar-refractivity contribution in [3.8, 4) is 0 Å². The van der Waals surface area contributed by atoms with Crippen LogP contribution >= 0.6 is 11.6 Å². The summed E-state index contributed by atoms with van der Waals surface area (Å²) in [4.78, 5) is 0. The van der Waals surface area contributed by atoms with Crippen LogP contribution in [0.4, 0.5) is 4.39 Å². The lowest BCUT2D eigenvalue weighted by Crippen LogP contribution is -2.24. The Hall–Kier alpha value is -1.38. The summed E-state index contributed by atoms with van der Waals surface area (Å²) in [5.74, 6) is -0.305. The maximum Gasteiger partial charge on any atom is 0.126 e. The number of benzene rings is 2. The minimum Gasteiger partial charge on any atom is -0.385 e. The van der Waals surface area contributed by atoms with Gasteiger partial charge in [-0.2, -0.15) is 0 Å². The topological polar surface area (TPSA) is 20.2 Å². The van der Waals surface area contributed by atoms with E-state index in [9.17, 15) is 9.50 Å². The van der Waals surface area contributed by atoms with Crippen molar-refractivity contribution in [1.82, 2.24) is 0 Å². The lowest BCUT2D eigenvalue weighted by molar-refractivity contribution is 0.0567. The van der Waals surface area contributed by atoms with Gasteiger partial charge in [-0.3, -0.25) is 0 Å². The number of hydrogen-bond donors (Lipinski definition) is 1. The van der Waals surface area contributed by atoms with E-state index in [1.54, 1.807) is 31.2 Å². The Balaban J connectivity index is 2.32. The molecule has 1 N–H and O–H groups in total. The third-order valence-electron chi connectivity index (χ3n) is 3.29. The minimum absolute atomic E-state index is 0.207. The number of rotatable bonds is 3. The van der Waals surface area contributed by atoms with Crippen molar-refractivity contribution in [3.63, 3.8) is 0 Å². The summed E-state index contributed by atoms with van der Waals surface area (Å²) >= 11 is 6.07. The first-order chi connectivity index (χ1) is 8.90. The molecule has 0 aromatic heterocycles. The first-order valence-electron chi connectivity index (χ1n) is 6.12. The van der Waals surface area contributed by atoms with E-state index in [1.165, 1.54) is 6.07 Å². The Morgan fingerprint density at radius 3 is 2.53 bits per heavy atom. The van der Waals surface area contributed by atoms with Gasteiger partial charge in [0.1, 0.15) is 5.82 Å². The van der Waals surface area contributed by atoms with E-state index in [4.69, 9.17) is 11.6 Å². The molecule has 0 spiro atoms. The first kappa shape index (κ1) is 14.0. The zero-order chi connectivity index (χ0) is 14.0. The molecule has 0 saturated heterocycles. The van der Waals surface area contributed by atoms with Crippen molar-refractivity contribution in [3.05, 3.63) is 70.0 Å². The maximum absolute atomic E-state index is 13.6. The van der Waals surface area contributed by atoms with Crippen LogP contribution < -0.4 is 0 Å². The molecule has 100 valence electrons. The monoisotopic (exact) mass is 278 g/mol. The fraction of sp³-hybridized carbons (Fsp3) is 0.250. The second-order valence-corrected chi connectivity index (χ2v) is 5.41. The second-order valence-electron chi connectivity index (χ2n) is 5.01. The van der Waals surface area contributed by atoms with Gasteiger partial charge < -0.3 is 5.11 Å². The Morgan fingerprint density at radius 1 is 1.21 bits per heavy atom. The fourth-order valence-electron chi connectivity index (χ4n) is 2.04.